The van der Waals surface area contributed by atoms with Crippen molar-refractivity contribution in [1.29, 1.82) is 0 Å². The molecule has 1 unspecified atom stereocenters. The second-order valence-electron chi connectivity index (χ2n) is 3.10. The maximum absolute atomic E-state index is 5.90. The van der Waals surface area contributed by atoms with E-state index in [0.29, 0.717) is 17.4 Å². The lowest BCUT2D eigenvalue weighted by Crippen LogP contribution is -2.28. The summed E-state index contributed by atoms with van der Waals surface area (Å²) in [6.07, 6.45) is 2.39. The number of nitrogens with zero attached hydrogens (tertiary/aromatic N) is 2. The highest BCUT2D eigenvalue weighted by molar-refractivity contribution is 6.32. The highest BCUT2D eigenvalue weighted by Gasteiger charge is 2.06. The van der Waals surface area contributed by atoms with Crippen molar-refractivity contribution in [2.75, 3.05) is 19.0 Å². The first kappa shape index (κ1) is 12.0. The standard InChI is InChI=1S/C9H15ClN4O/c1-3-6(11)4-12-8-7(10)5-13-9(14-8)15-2/h5-6H,3-4,11H2,1-2H3,(H,12,13,14). The van der Waals surface area contributed by atoms with E-state index in [1.807, 2.05) is 6.92 Å². The molecule has 84 valence electrons. The summed E-state index contributed by atoms with van der Waals surface area (Å²) < 4.78 is 4.89. The second kappa shape index (κ2) is 5.72. The molecule has 15 heavy (non-hydrogen) atoms. The van der Waals surface area contributed by atoms with Crippen LogP contribution in [0.1, 0.15) is 13.3 Å². The molecule has 1 aromatic rings. The van der Waals surface area contributed by atoms with Crippen LogP contribution in [-0.4, -0.2) is 29.7 Å². The summed E-state index contributed by atoms with van der Waals surface area (Å²) >= 11 is 5.90. The van der Waals surface area contributed by atoms with E-state index in [1.165, 1.54) is 13.3 Å². The van der Waals surface area contributed by atoms with Crippen LogP contribution in [0.5, 0.6) is 6.01 Å². The van der Waals surface area contributed by atoms with Gasteiger partial charge in [-0.1, -0.05) is 18.5 Å². The number of anilines is 1. The van der Waals surface area contributed by atoms with Crippen LogP contribution in [0.4, 0.5) is 5.82 Å². The van der Waals surface area contributed by atoms with Crippen molar-refractivity contribution in [2.45, 2.75) is 19.4 Å². The summed E-state index contributed by atoms with van der Waals surface area (Å²) in [6.45, 7) is 2.64. The Morgan fingerprint density at radius 2 is 2.40 bits per heavy atom. The third kappa shape index (κ3) is 3.53. The minimum Gasteiger partial charge on any atom is -0.467 e. The van der Waals surface area contributed by atoms with E-state index in [1.54, 1.807) is 0 Å². The maximum Gasteiger partial charge on any atom is 0.318 e. The van der Waals surface area contributed by atoms with E-state index in [9.17, 15) is 0 Å². The molecule has 0 spiro atoms. The van der Waals surface area contributed by atoms with Crippen LogP contribution in [0, 0.1) is 0 Å². The van der Waals surface area contributed by atoms with E-state index in [4.69, 9.17) is 22.1 Å². The molecule has 0 saturated heterocycles. The molecule has 0 aliphatic rings. The minimum absolute atomic E-state index is 0.0852. The van der Waals surface area contributed by atoms with E-state index in [2.05, 4.69) is 15.3 Å². The van der Waals surface area contributed by atoms with Gasteiger partial charge in [-0.05, 0) is 6.42 Å². The average molecular weight is 231 g/mol. The SMILES string of the molecule is CCC(N)CNc1nc(OC)ncc1Cl. The number of halogens is 1. The fourth-order valence-electron chi connectivity index (χ4n) is 0.945. The Morgan fingerprint density at radius 1 is 1.67 bits per heavy atom. The zero-order valence-electron chi connectivity index (χ0n) is 8.83. The number of nitrogens with two attached hydrogens (primary N) is 1. The zero-order chi connectivity index (χ0) is 11.3. The smallest absolute Gasteiger partial charge is 0.318 e. The summed E-state index contributed by atoms with van der Waals surface area (Å²) in [5.41, 5.74) is 5.76. The van der Waals surface area contributed by atoms with Crippen LogP contribution in [0.25, 0.3) is 0 Å². The molecular formula is C9H15ClN4O. The fourth-order valence-corrected chi connectivity index (χ4v) is 1.10. The topological polar surface area (TPSA) is 73.1 Å². The van der Waals surface area contributed by atoms with Crippen LogP contribution in [0.15, 0.2) is 6.20 Å². The molecule has 1 atom stereocenters. The van der Waals surface area contributed by atoms with Gasteiger partial charge in [-0.25, -0.2) is 4.98 Å². The number of rotatable bonds is 5. The van der Waals surface area contributed by atoms with Crippen molar-refractivity contribution in [3.8, 4) is 6.01 Å². The van der Waals surface area contributed by atoms with Gasteiger partial charge in [-0.3, -0.25) is 0 Å². The molecule has 0 aliphatic heterocycles. The molecule has 5 nitrogen and oxygen atoms in total. The first-order valence-corrected chi connectivity index (χ1v) is 5.11. The van der Waals surface area contributed by atoms with Crippen LogP contribution >= 0.6 is 11.6 Å². The molecule has 0 aliphatic carbocycles. The normalized spacial score (nSPS) is 12.3. The Labute approximate surface area is 94.0 Å². The Hall–Kier alpha value is -1.07. The highest BCUT2D eigenvalue weighted by atomic mass is 35.5. The van der Waals surface area contributed by atoms with Gasteiger partial charge < -0.3 is 15.8 Å². The minimum atomic E-state index is 0.0852. The molecule has 1 rings (SSSR count). The van der Waals surface area contributed by atoms with Gasteiger partial charge in [0, 0.05) is 12.6 Å². The third-order valence-corrected chi connectivity index (χ3v) is 2.24. The van der Waals surface area contributed by atoms with Gasteiger partial charge in [0.25, 0.3) is 0 Å². The Bertz CT molecular complexity index is 321. The third-order valence-electron chi connectivity index (χ3n) is 1.96. The molecule has 0 fully saturated rings. The Kier molecular flexibility index (Phi) is 4.58. The molecule has 0 saturated carbocycles. The molecule has 3 N–H and O–H groups in total. The van der Waals surface area contributed by atoms with Gasteiger partial charge in [0.15, 0.2) is 5.82 Å². The second-order valence-corrected chi connectivity index (χ2v) is 3.51. The average Bonchev–Trinajstić information content (AvgIpc) is 2.27. The highest BCUT2D eigenvalue weighted by Crippen LogP contribution is 2.19. The van der Waals surface area contributed by atoms with Crippen LogP contribution in [0.3, 0.4) is 0 Å². The number of methoxy groups -OCH3 is 1. The van der Waals surface area contributed by atoms with Crippen LogP contribution < -0.4 is 15.8 Å². The van der Waals surface area contributed by atoms with E-state index in [0.717, 1.165) is 6.42 Å². The number of nitrogens with one attached hydrogen (secondary N) is 1. The molecule has 0 bridgehead atoms. The zero-order valence-corrected chi connectivity index (χ0v) is 9.58. The number of hydrogen-bond acceptors (Lipinski definition) is 5. The van der Waals surface area contributed by atoms with Crippen molar-refractivity contribution >= 4 is 17.4 Å². The van der Waals surface area contributed by atoms with Crippen molar-refractivity contribution < 1.29 is 4.74 Å². The van der Waals surface area contributed by atoms with E-state index in [-0.39, 0.29) is 12.1 Å². The first-order valence-electron chi connectivity index (χ1n) is 4.73. The lowest BCUT2D eigenvalue weighted by molar-refractivity contribution is 0.380. The summed E-state index contributed by atoms with van der Waals surface area (Å²) in [7, 11) is 1.50. The molecule has 6 heteroatoms. The van der Waals surface area contributed by atoms with Crippen LogP contribution in [0.2, 0.25) is 5.02 Å². The van der Waals surface area contributed by atoms with Gasteiger partial charge >= 0.3 is 6.01 Å². The maximum atomic E-state index is 5.90. The predicted octanol–water partition coefficient (Wildman–Crippen LogP) is 1.29. The fraction of sp³-hybridized carbons (Fsp3) is 0.556. The van der Waals surface area contributed by atoms with Crippen molar-refractivity contribution in [3.05, 3.63) is 11.2 Å². The van der Waals surface area contributed by atoms with E-state index < -0.39 is 0 Å². The monoisotopic (exact) mass is 230 g/mol. The Balaban J connectivity index is 2.66. The summed E-state index contributed by atoms with van der Waals surface area (Å²) in [5.74, 6) is 0.549. The van der Waals surface area contributed by atoms with Crippen LogP contribution in [-0.2, 0) is 0 Å². The summed E-state index contributed by atoms with van der Waals surface area (Å²) in [6, 6.07) is 0.369. The predicted molar refractivity (Wildman–Crippen MR) is 60.4 cm³/mol. The molecular weight excluding hydrogens is 216 g/mol. The van der Waals surface area contributed by atoms with Gasteiger partial charge in [0.05, 0.1) is 13.3 Å². The quantitative estimate of drug-likeness (QED) is 0.798. The molecule has 0 amide bonds. The number of aromatic nitrogens is 2. The first-order chi connectivity index (χ1) is 7.17. The van der Waals surface area contributed by atoms with Crippen molar-refractivity contribution in [3.63, 3.8) is 0 Å². The van der Waals surface area contributed by atoms with E-state index >= 15 is 0 Å². The molecule has 0 aromatic carbocycles. The van der Waals surface area contributed by atoms with Crippen molar-refractivity contribution in [2.24, 2.45) is 5.73 Å². The summed E-state index contributed by atoms with van der Waals surface area (Å²) in [5, 5.41) is 3.51. The number of ether oxygens (including phenoxy) is 1. The van der Waals surface area contributed by atoms with Gasteiger partial charge in [-0.15, -0.1) is 0 Å². The molecule has 0 radical (unpaired) electrons. The van der Waals surface area contributed by atoms with Gasteiger partial charge in [0.2, 0.25) is 0 Å². The largest absolute Gasteiger partial charge is 0.467 e. The molecule has 1 aromatic heterocycles. The lowest BCUT2D eigenvalue weighted by Gasteiger charge is -2.11. The van der Waals surface area contributed by atoms with Gasteiger partial charge in [-0.2, -0.15) is 4.98 Å². The lowest BCUT2D eigenvalue weighted by atomic mass is 10.2. The Morgan fingerprint density at radius 3 is 3.00 bits per heavy atom. The van der Waals surface area contributed by atoms with Crippen molar-refractivity contribution in [1.82, 2.24) is 9.97 Å². The summed E-state index contributed by atoms with van der Waals surface area (Å²) in [4.78, 5) is 7.93. The number of hydrogen-bond donors (Lipinski definition) is 2. The molecule has 1 heterocycles. The van der Waals surface area contributed by atoms with Gasteiger partial charge in [0.1, 0.15) is 5.02 Å².